The van der Waals surface area contributed by atoms with E-state index in [1.807, 2.05) is 45.9 Å². The fourth-order valence-corrected chi connectivity index (χ4v) is 4.57. The molecule has 0 fully saturated rings. The van der Waals surface area contributed by atoms with Crippen LogP contribution >= 0.6 is 0 Å². The molecule has 2 aromatic rings. The number of hydrogen-bond acceptors (Lipinski definition) is 5. The molecule has 0 radical (unpaired) electrons. The number of unbranched alkanes of at least 4 members (excludes halogenated alkanes) is 3. The van der Waals surface area contributed by atoms with Gasteiger partial charge in [-0.3, -0.25) is 9.59 Å². The highest BCUT2D eigenvalue weighted by Gasteiger charge is 2.37. The minimum atomic E-state index is -1.04. The molecule has 0 aromatic heterocycles. The maximum Gasteiger partial charge on any atom is 0.408 e. The molecule has 0 aliphatic rings. The third-order valence-corrected chi connectivity index (χ3v) is 6.62. The van der Waals surface area contributed by atoms with Crippen molar-refractivity contribution in [3.63, 3.8) is 0 Å². The number of benzene rings is 2. The zero-order valence-corrected chi connectivity index (χ0v) is 25.3. The fraction of sp³-hybridized carbons (Fsp3) is 0.531. The second-order valence-corrected chi connectivity index (χ2v) is 11.7. The number of amides is 3. The van der Waals surface area contributed by atoms with Gasteiger partial charge in [-0.15, -0.1) is 0 Å². The molecule has 8 nitrogen and oxygen atoms in total. The quantitative estimate of drug-likeness (QED) is 0.255. The lowest BCUT2D eigenvalue weighted by atomic mass is 9.97. The highest BCUT2D eigenvalue weighted by molar-refractivity contribution is 6.00. The van der Waals surface area contributed by atoms with Gasteiger partial charge in [-0.1, -0.05) is 70.4 Å². The van der Waals surface area contributed by atoms with E-state index >= 15 is 0 Å². The van der Waals surface area contributed by atoms with Gasteiger partial charge in [-0.2, -0.15) is 0 Å². The number of nitrogens with one attached hydrogen (secondary N) is 2. The molecular weight excluding hydrogens is 506 g/mol. The number of aromatic hydroxyl groups is 1. The molecule has 40 heavy (non-hydrogen) atoms. The first-order valence-corrected chi connectivity index (χ1v) is 14.2. The van der Waals surface area contributed by atoms with Gasteiger partial charge >= 0.3 is 6.09 Å². The molecule has 2 unspecified atom stereocenters. The minimum absolute atomic E-state index is 0.00644. The predicted octanol–water partition coefficient (Wildman–Crippen LogP) is 6.65. The van der Waals surface area contributed by atoms with Crippen molar-refractivity contribution in [1.29, 1.82) is 0 Å². The smallest absolute Gasteiger partial charge is 0.408 e. The Morgan fingerprint density at radius 3 is 2.15 bits per heavy atom. The van der Waals surface area contributed by atoms with E-state index in [2.05, 4.69) is 17.6 Å². The number of ether oxygens (including phenoxy) is 1. The predicted molar refractivity (Wildman–Crippen MR) is 159 cm³/mol. The summed E-state index contributed by atoms with van der Waals surface area (Å²) < 4.78 is 5.44. The zero-order chi connectivity index (χ0) is 30.0. The van der Waals surface area contributed by atoms with Gasteiger partial charge in [0.05, 0.1) is 0 Å². The number of alkyl carbamates (subject to hydrolysis) is 1. The minimum Gasteiger partial charge on any atom is -0.508 e. The van der Waals surface area contributed by atoms with Crippen LogP contribution in [0.25, 0.3) is 0 Å². The molecule has 3 N–H and O–H groups in total. The fourth-order valence-electron chi connectivity index (χ4n) is 4.57. The van der Waals surface area contributed by atoms with Crippen LogP contribution in [0.5, 0.6) is 5.75 Å². The number of anilines is 1. The van der Waals surface area contributed by atoms with E-state index in [0.717, 1.165) is 30.4 Å². The standard InChI is InChI=1S/C32H47N3O5/c1-9-10-11-12-19-35(30(38)26(21(2)3)34-31(39)40-32(6,7)8)28(24-17-14-18-25(36)20-24)29(37)33-27-22(4)15-13-16-23(27)5/h13-18,20-21,26,28,36H,9-12,19H2,1-8H3,(H,33,37)(H,34,39). The Morgan fingerprint density at radius 1 is 0.975 bits per heavy atom. The van der Waals surface area contributed by atoms with E-state index in [-0.39, 0.29) is 17.6 Å². The highest BCUT2D eigenvalue weighted by atomic mass is 16.6. The Labute approximate surface area is 239 Å². The SMILES string of the molecule is CCCCCCN(C(=O)C(NC(=O)OC(C)(C)C)C(C)C)C(C(=O)Nc1c(C)cccc1C)c1cccc(O)c1. The molecule has 0 bridgehead atoms. The average Bonchev–Trinajstić information content (AvgIpc) is 2.85. The van der Waals surface area contributed by atoms with Crippen LogP contribution in [-0.4, -0.2) is 46.1 Å². The van der Waals surface area contributed by atoms with E-state index in [1.54, 1.807) is 32.9 Å². The number of nitrogens with zero attached hydrogens (tertiary/aromatic N) is 1. The lowest BCUT2D eigenvalue weighted by Crippen LogP contribution is -2.54. The molecule has 0 aliphatic carbocycles. The average molecular weight is 554 g/mol. The number of carbonyl (C=O) groups is 3. The van der Waals surface area contributed by atoms with Gasteiger partial charge in [0.25, 0.3) is 5.91 Å². The van der Waals surface area contributed by atoms with Crippen LogP contribution < -0.4 is 10.6 Å². The Balaban J connectivity index is 2.57. The first-order chi connectivity index (χ1) is 18.7. The van der Waals surface area contributed by atoms with Crippen molar-refractivity contribution in [2.24, 2.45) is 5.92 Å². The van der Waals surface area contributed by atoms with Gasteiger partial charge in [-0.25, -0.2) is 4.79 Å². The summed E-state index contributed by atoms with van der Waals surface area (Å²) in [6.07, 6.45) is 2.89. The van der Waals surface area contributed by atoms with Crippen molar-refractivity contribution < 1.29 is 24.2 Å². The molecule has 2 atom stereocenters. The van der Waals surface area contributed by atoms with Crippen molar-refractivity contribution in [1.82, 2.24) is 10.2 Å². The number of hydrogen-bond donors (Lipinski definition) is 3. The summed E-state index contributed by atoms with van der Waals surface area (Å²) in [6.45, 7) is 15.2. The maximum absolute atomic E-state index is 14.3. The second-order valence-electron chi connectivity index (χ2n) is 11.7. The summed E-state index contributed by atoms with van der Waals surface area (Å²) in [5.41, 5.74) is 2.23. The van der Waals surface area contributed by atoms with E-state index in [1.165, 1.54) is 17.0 Å². The second kappa shape index (κ2) is 14.7. The molecular formula is C32H47N3O5. The van der Waals surface area contributed by atoms with Crippen molar-refractivity contribution in [3.05, 3.63) is 59.2 Å². The van der Waals surface area contributed by atoms with Gasteiger partial charge in [0.2, 0.25) is 5.91 Å². The van der Waals surface area contributed by atoms with Crippen molar-refractivity contribution in [3.8, 4) is 5.75 Å². The third kappa shape index (κ3) is 9.57. The molecule has 0 aliphatic heterocycles. The Morgan fingerprint density at radius 2 is 1.60 bits per heavy atom. The van der Waals surface area contributed by atoms with E-state index in [4.69, 9.17) is 4.74 Å². The molecule has 0 saturated carbocycles. The summed E-state index contributed by atoms with van der Waals surface area (Å²) in [5, 5.41) is 16.1. The first-order valence-electron chi connectivity index (χ1n) is 14.2. The van der Waals surface area contributed by atoms with Crippen LogP contribution in [0.15, 0.2) is 42.5 Å². The molecule has 0 heterocycles. The number of carbonyl (C=O) groups excluding carboxylic acids is 3. The zero-order valence-electron chi connectivity index (χ0n) is 25.3. The van der Waals surface area contributed by atoms with Crippen LogP contribution in [0, 0.1) is 19.8 Å². The number of para-hydroxylation sites is 1. The van der Waals surface area contributed by atoms with E-state index in [0.29, 0.717) is 24.2 Å². The number of phenolic OH excluding ortho intramolecular Hbond substituents is 1. The highest BCUT2D eigenvalue weighted by Crippen LogP contribution is 2.29. The maximum atomic E-state index is 14.3. The molecule has 2 rings (SSSR count). The Bertz CT molecular complexity index is 1140. The summed E-state index contributed by atoms with van der Waals surface area (Å²) in [7, 11) is 0. The largest absolute Gasteiger partial charge is 0.508 e. The topological polar surface area (TPSA) is 108 Å². The van der Waals surface area contributed by atoms with Gasteiger partial charge in [0.1, 0.15) is 23.4 Å². The summed E-state index contributed by atoms with van der Waals surface area (Å²) >= 11 is 0. The molecule has 3 amide bonds. The van der Waals surface area contributed by atoms with Crippen LogP contribution in [0.1, 0.15) is 90.0 Å². The van der Waals surface area contributed by atoms with Gasteiger partial charge in [0.15, 0.2) is 0 Å². The van der Waals surface area contributed by atoms with Crippen molar-refractivity contribution >= 4 is 23.6 Å². The molecule has 0 saturated heterocycles. The molecule has 8 heteroatoms. The van der Waals surface area contributed by atoms with Crippen LogP contribution in [0.4, 0.5) is 10.5 Å². The van der Waals surface area contributed by atoms with Gasteiger partial charge in [-0.05, 0) is 75.8 Å². The lowest BCUT2D eigenvalue weighted by molar-refractivity contribution is -0.141. The van der Waals surface area contributed by atoms with E-state index < -0.39 is 29.7 Å². The van der Waals surface area contributed by atoms with Crippen molar-refractivity contribution in [2.45, 2.75) is 98.8 Å². The van der Waals surface area contributed by atoms with Crippen molar-refractivity contribution in [2.75, 3.05) is 11.9 Å². The molecule has 2 aromatic carbocycles. The summed E-state index contributed by atoms with van der Waals surface area (Å²) in [6, 6.07) is 10.2. The van der Waals surface area contributed by atoms with Crippen LogP contribution in [0.2, 0.25) is 0 Å². The van der Waals surface area contributed by atoms with Crippen LogP contribution in [0.3, 0.4) is 0 Å². The summed E-state index contributed by atoms with van der Waals surface area (Å²) in [5.74, 6) is -1.06. The Kier molecular flexibility index (Phi) is 12.0. The lowest BCUT2D eigenvalue weighted by Gasteiger charge is -2.36. The first kappa shape index (κ1) is 32.7. The van der Waals surface area contributed by atoms with E-state index in [9.17, 15) is 19.5 Å². The number of phenols is 1. The summed E-state index contributed by atoms with van der Waals surface area (Å²) in [4.78, 5) is 42.6. The molecule has 0 spiro atoms. The normalized spacial score (nSPS) is 12.9. The monoisotopic (exact) mass is 553 g/mol. The molecule has 220 valence electrons. The number of rotatable bonds is 12. The van der Waals surface area contributed by atoms with Gasteiger partial charge < -0.3 is 25.4 Å². The third-order valence-electron chi connectivity index (χ3n) is 6.62. The number of aryl methyl sites for hydroxylation is 2. The Hall–Kier alpha value is -3.55. The van der Waals surface area contributed by atoms with Crippen LogP contribution in [-0.2, 0) is 14.3 Å². The van der Waals surface area contributed by atoms with Gasteiger partial charge in [0, 0.05) is 12.2 Å².